The van der Waals surface area contributed by atoms with Gasteiger partial charge in [-0.05, 0) is 48.3 Å². The highest BCUT2D eigenvalue weighted by molar-refractivity contribution is 5.94. The van der Waals surface area contributed by atoms with Crippen molar-refractivity contribution in [1.29, 1.82) is 0 Å². The first-order valence-electron chi connectivity index (χ1n) is 8.12. The van der Waals surface area contributed by atoms with E-state index in [1.165, 1.54) is 24.0 Å². The molecule has 3 nitrogen and oxygen atoms in total. The largest absolute Gasteiger partial charge is 0.324 e. The van der Waals surface area contributed by atoms with Crippen LogP contribution in [0.1, 0.15) is 63.5 Å². The quantitative estimate of drug-likeness (QED) is 0.799. The van der Waals surface area contributed by atoms with E-state index in [9.17, 15) is 4.79 Å². The second-order valence-corrected chi connectivity index (χ2v) is 6.74. The van der Waals surface area contributed by atoms with Crippen LogP contribution in [-0.4, -0.2) is 19.0 Å². The second kappa shape index (κ2) is 7.08. The van der Waals surface area contributed by atoms with Gasteiger partial charge < -0.3 is 10.6 Å². The number of benzene rings is 1. The fraction of sp³-hybridized carbons (Fsp3) is 0.611. The van der Waals surface area contributed by atoms with Crippen molar-refractivity contribution in [2.75, 3.05) is 18.4 Å². The van der Waals surface area contributed by atoms with Gasteiger partial charge in [0.2, 0.25) is 5.91 Å². The van der Waals surface area contributed by atoms with Crippen molar-refractivity contribution < 1.29 is 4.79 Å². The van der Waals surface area contributed by atoms with Gasteiger partial charge in [0.15, 0.2) is 0 Å². The van der Waals surface area contributed by atoms with Gasteiger partial charge in [-0.25, -0.2) is 0 Å². The standard InChI is InChI=1S/C18H28N2O/c1-12(2)15-6-5-7-16(13(3)4)18(15)20-17(21)11-19-10-14-8-9-14/h5-7,12-14,19H,8-11H2,1-4H3,(H,20,21). The summed E-state index contributed by atoms with van der Waals surface area (Å²) in [6.45, 7) is 10.0. The van der Waals surface area contributed by atoms with Crippen molar-refractivity contribution in [3.63, 3.8) is 0 Å². The van der Waals surface area contributed by atoms with Gasteiger partial charge >= 0.3 is 0 Å². The molecule has 2 N–H and O–H groups in total. The van der Waals surface area contributed by atoms with Crippen LogP contribution in [-0.2, 0) is 4.79 Å². The summed E-state index contributed by atoms with van der Waals surface area (Å²) in [6.07, 6.45) is 2.62. The van der Waals surface area contributed by atoms with E-state index in [2.05, 4.69) is 56.5 Å². The molecule has 0 aromatic heterocycles. The maximum absolute atomic E-state index is 12.2. The predicted molar refractivity (Wildman–Crippen MR) is 88.8 cm³/mol. The van der Waals surface area contributed by atoms with E-state index >= 15 is 0 Å². The lowest BCUT2D eigenvalue weighted by molar-refractivity contribution is -0.115. The van der Waals surface area contributed by atoms with Crippen molar-refractivity contribution >= 4 is 11.6 Å². The van der Waals surface area contributed by atoms with Crippen LogP contribution in [0.3, 0.4) is 0 Å². The van der Waals surface area contributed by atoms with Gasteiger partial charge in [-0.1, -0.05) is 45.9 Å². The van der Waals surface area contributed by atoms with Crippen LogP contribution in [0.25, 0.3) is 0 Å². The molecule has 0 saturated heterocycles. The Labute approximate surface area is 128 Å². The first-order chi connectivity index (χ1) is 9.99. The number of amides is 1. The Morgan fingerprint density at radius 3 is 2.19 bits per heavy atom. The minimum absolute atomic E-state index is 0.0608. The molecule has 0 aliphatic heterocycles. The Morgan fingerprint density at radius 1 is 1.14 bits per heavy atom. The smallest absolute Gasteiger partial charge is 0.238 e. The summed E-state index contributed by atoms with van der Waals surface area (Å²) in [6, 6.07) is 6.32. The van der Waals surface area contributed by atoms with E-state index in [4.69, 9.17) is 0 Å². The monoisotopic (exact) mass is 288 g/mol. The topological polar surface area (TPSA) is 41.1 Å². The van der Waals surface area contributed by atoms with E-state index in [0.29, 0.717) is 18.4 Å². The van der Waals surface area contributed by atoms with Crippen LogP contribution < -0.4 is 10.6 Å². The van der Waals surface area contributed by atoms with Gasteiger partial charge in [-0.3, -0.25) is 4.79 Å². The van der Waals surface area contributed by atoms with Crippen molar-refractivity contribution in [2.24, 2.45) is 5.92 Å². The molecule has 1 aromatic rings. The zero-order valence-electron chi connectivity index (χ0n) is 13.7. The Balaban J connectivity index is 2.06. The Morgan fingerprint density at radius 2 is 1.71 bits per heavy atom. The van der Waals surface area contributed by atoms with E-state index in [1.54, 1.807) is 0 Å². The SMILES string of the molecule is CC(C)c1cccc(C(C)C)c1NC(=O)CNCC1CC1. The summed E-state index contributed by atoms with van der Waals surface area (Å²) in [5, 5.41) is 6.39. The molecule has 1 aliphatic rings. The number of anilines is 1. The van der Waals surface area contributed by atoms with Crippen LogP contribution in [0.15, 0.2) is 18.2 Å². The Kier molecular flexibility index (Phi) is 5.40. The Hall–Kier alpha value is -1.35. The molecule has 3 heteroatoms. The molecule has 1 aromatic carbocycles. The first-order valence-corrected chi connectivity index (χ1v) is 8.12. The van der Waals surface area contributed by atoms with E-state index < -0.39 is 0 Å². The molecule has 1 aliphatic carbocycles. The summed E-state index contributed by atoms with van der Waals surface area (Å²) in [5.74, 6) is 1.66. The molecule has 0 unspecified atom stereocenters. The molecule has 0 radical (unpaired) electrons. The third-order valence-electron chi connectivity index (χ3n) is 4.05. The number of hydrogen-bond acceptors (Lipinski definition) is 2. The fourth-order valence-corrected chi connectivity index (χ4v) is 2.59. The maximum atomic E-state index is 12.2. The van der Waals surface area contributed by atoms with Crippen LogP contribution in [0.2, 0.25) is 0 Å². The van der Waals surface area contributed by atoms with Crippen molar-refractivity contribution in [2.45, 2.75) is 52.4 Å². The summed E-state index contributed by atoms with van der Waals surface area (Å²) < 4.78 is 0. The van der Waals surface area contributed by atoms with Crippen LogP contribution >= 0.6 is 0 Å². The third kappa shape index (κ3) is 4.57. The van der Waals surface area contributed by atoms with Gasteiger partial charge in [0.05, 0.1) is 6.54 Å². The second-order valence-electron chi connectivity index (χ2n) is 6.74. The molecule has 1 amide bonds. The number of hydrogen-bond donors (Lipinski definition) is 2. The molecular formula is C18H28N2O. The lowest BCUT2D eigenvalue weighted by Gasteiger charge is -2.20. The lowest BCUT2D eigenvalue weighted by atomic mass is 9.92. The van der Waals surface area contributed by atoms with Gasteiger partial charge in [0.25, 0.3) is 0 Å². The minimum Gasteiger partial charge on any atom is -0.324 e. The molecule has 1 saturated carbocycles. The zero-order chi connectivity index (χ0) is 15.4. The van der Waals surface area contributed by atoms with Crippen molar-refractivity contribution in [3.8, 4) is 0 Å². The molecule has 0 atom stereocenters. The minimum atomic E-state index is 0.0608. The number of nitrogens with one attached hydrogen (secondary N) is 2. The molecule has 0 heterocycles. The zero-order valence-corrected chi connectivity index (χ0v) is 13.7. The number of rotatable bonds is 7. The Bertz CT molecular complexity index is 464. The summed E-state index contributed by atoms with van der Waals surface area (Å²) in [5.41, 5.74) is 3.45. The number of carbonyl (C=O) groups is 1. The van der Waals surface area contributed by atoms with E-state index in [-0.39, 0.29) is 5.91 Å². The normalized spacial score (nSPS) is 14.8. The third-order valence-corrected chi connectivity index (χ3v) is 4.05. The molecular weight excluding hydrogens is 260 g/mol. The van der Waals surface area contributed by atoms with Crippen molar-refractivity contribution in [3.05, 3.63) is 29.3 Å². The summed E-state index contributed by atoms with van der Waals surface area (Å²) >= 11 is 0. The van der Waals surface area contributed by atoms with Crippen LogP contribution in [0.4, 0.5) is 5.69 Å². The molecule has 2 rings (SSSR count). The molecule has 0 spiro atoms. The van der Waals surface area contributed by atoms with Crippen molar-refractivity contribution in [1.82, 2.24) is 5.32 Å². The number of carbonyl (C=O) groups excluding carboxylic acids is 1. The average molecular weight is 288 g/mol. The first kappa shape index (κ1) is 16.0. The highest BCUT2D eigenvalue weighted by atomic mass is 16.1. The van der Waals surface area contributed by atoms with Gasteiger partial charge in [0, 0.05) is 5.69 Å². The molecule has 0 bridgehead atoms. The highest BCUT2D eigenvalue weighted by Crippen LogP contribution is 2.32. The fourth-order valence-electron chi connectivity index (χ4n) is 2.59. The maximum Gasteiger partial charge on any atom is 0.238 e. The lowest BCUT2D eigenvalue weighted by Crippen LogP contribution is -2.30. The van der Waals surface area contributed by atoms with Gasteiger partial charge in [-0.2, -0.15) is 0 Å². The van der Waals surface area contributed by atoms with Crippen LogP contribution in [0, 0.1) is 5.92 Å². The van der Waals surface area contributed by atoms with Gasteiger partial charge in [0.1, 0.15) is 0 Å². The average Bonchev–Trinajstić information content (AvgIpc) is 3.22. The summed E-state index contributed by atoms with van der Waals surface area (Å²) in [4.78, 5) is 12.2. The number of para-hydroxylation sites is 1. The highest BCUT2D eigenvalue weighted by Gasteiger charge is 2.21. The van der Waals surface area contributed by atoms with E-state index in [0.717, 1.165) is 18.2 Å². The van der Waals surface area contributed by atoms with Crippen LogP contribution in [0.5, 0.6) is 0 Å². The summed E-state index contributed by atoms with van der Waals surface area (Å²) in [7, 11) is 0. The predicted octanol–water partition coefficient (Wildman–Crippen LogP) is 3.87. The van der Waals surface area contributed by atoms with E-state index in [1.807, 2.05) is 0 Å². The molecule has 21 heavy (non-hydrogen) atoms. The van der Waals surface area contributed by atoms with Gasteiger partial charge in [-0.15, -0.1) is 0 Å². The molecule has 1 fully saturated rings. The molecule has 116 valence electrons.